The number of hydrogen-bond acceptors (Lipinski definition) is 1. The zero-order chi connectivity index (χ0) is 13.3. The van der Waals surface area contributed by atoms with E-state index in [2.05, 4.69) is 11.9 Å². The van der Waals surface area contributed by atoms with Crippen molar-refractivity contribution in [3.63, 3.8) is 0 Å². The van der Waals surface area contributed by atoms with Gasteiger partial charge in [0.25, 0.3) is 0 Å². The molecule has 0 unspecified atom stereocenters. The highest BCUT2D eigenvalue weighted by molar-refractivity contribution is 6.08. The molecule has 1 aliphatic heterocycles. The van der Waals surface area contributed by atoms with Gasteiger partial charge in [-0.15, -0.1) is 6.58 Å². The van der Waals surface area contributed by atoms with E-state index in [-0.39, 0.29) is 5.91 Å². The highest BCUT2D eigenvalue weighted by Gasteiger charge is 2.46. The van der Waals surface area contributed by atoms with Crippen LogP contribution in [0, 0.1) is 0 Å². The van der Waals surface area contributed by atoms with E-state index in [4.69, 9.17) is 0 Å². The monoisotopic (exact) mass is 249 g/mol. The number of carbonyl (C=O) groups is 1. The highest BCUT2D eigenvalue weighted by atomic mass is 16.2. The lowest BCUT2D eigenvalue weighted by atomic mass is 9.73. The van der Waals surface area contributed by atoms with Crippen molar-refractivity contribution in [3.05, 3.63) is 78.4 Å². The fraction of sp³-hybridized carbons (Fsp3) is 0.118. The van der Waals surface area contributed by atoms with Gasteiger partial charge in [-0.25, -0.2) is 0 Å². The zero-order valence-electron chi connectivity index (χ0n) is 10.6. The van der Waals surface area contributed by atoms with Gasteiger partial charge in [0.1, 0.15) is 5.41 Å². The molecule has 0 fully saturated rings. The Hall–Kier alpha value is -2.35. The largest absolute Gasteiger partial charge is 0.325 e. The van der Waals surface area contributed by atoms with Gasteiger partial charge in [0.15, 0.2) is 0 Å². The molecule has 2 aromatic rings. The third kappa shape index (κ3) is 1.60. The van der Waals surface area contributed by atoms with Crippen molar-refractivity contribution in [2.24, 2.45) is 0 Å². The maximum absolute atomic E-state index is 12.6. The van der Waals surface area contributed by atoms with E-state index in [9.17, 15) is 4.79 Å². The third-order valence-corrected chi connectivity index (χ3v) is 3.74. The van der Waals surface area contributed by atoms with Gasteiger partial charge in [-0.2, -0.15) is 0 Å². The predicted octanol–water partition coefficient (Wildman–Crippen LogP) is 3.50. The van der Waals surface area contributed by atoms with E-state index in [1.165, 1.54) is 0 Å². The summed E-state index contributed by atoms with van der Waals surface area (Å²) in [5, 5.41) is 2.98. The van der Waals surface area contributed by atoms with Crippen LogP contribution in [-0.2, 0) is 10.2 Å². The van der Waals surface area contributed by atoms with Crippen molar-refractivity contribution in [2.75, 3.05) is 5.32 Å². The SMILES string of the molecule is C=CC[C@]1(c2ccccc2)C(=O)Nc2ccccc21. The number of anilines is 1. The number of carbonyl (C=O) groups excluding carboxylic acids is 1. The average Bonchev–Trinajstić information content (AvgIpc) is 2.74. The first-order valence-electron chi connectivity index (χ1n) is 6.36. The normalized spacial score (nSPS) is 20.7. The summed E-state index contributed by atoms with van der Waals surface area (Å²) in [5.41, 5.74) is 2.31. The molecule has 1 aliphatic rings. The van der Waals surface area contributed by atoms with Crippen LogP contribution in [0.3, 0.4) is 0 Å². The maximum atomic E-state index is 12.6. The van der Waals surface area contributed by atoms with E-state index < -0.39 is 5.41 Å². The van der Waals surface area contributed by atoms with Crippen LogP contribution in [0.5, 0.6) is 0 Å². The Morgan fingerprint density at radius 1 is 1.05 bits per heavy atom. The summed E-state index contributed by atoms with van der Waals surface area (Å²) in [5.74, 6) is 0.0276. The molecule has 0 saturated carbocycles. The van der Waals surface area contributed by atoms with Gasteiger partial charge in [-0.05, 0) is 23.6 Å². The summed E-state index contributed by atoms with van der Waals surface area (Å²) in [6.45, 7) is 3.82. The van der Waals surface area contributed by atoms with Gasteiger partial charge < -0.3 is 5.32 Å². The first-order valence-corrected chi connectivity index (χ1v) is 6.36. The van der Waals surface area contributed by atoms with Gasteiger partial charge in [0, 0.05) is 5.69 Å². The first kappa shape index (κ1) is 11.7. The lowest BCUT2D eigenvalue weighted by Crippen LogP contribution is -2.35. The number of allylic oxidation sites excluding steroid dienone is 1. The molecular formula is C17H15NO. The van der Waals surface area contributed by atoms with Crippen LogP contribution in [-0.4, -0.2) is 5.91 Å². The van der Waals surface area contributed by atoms with Crippen LogP contribution in [0.25, 0.3) is 0 Å². The van der Waals surface area contributed by atoms with Crippen LogP contribution in [0.2, 0.25) is 0 Å². The summed E-state index contributed by atoms with van der Waals surface area (Å²) < 4.78 is 0. The highest BCUT2D eigenvalue weighted by Crippen LogP contribution is 2.45. The fourth-order valence-electron chi connectivity index (χ4n) is 2.86. The minimum Gasteiger partial charge on any atom is -0.325 e. The average molecular weight is 249 g/mol. The third-order valence-electron chi connectivity index (χ3n) is 3.74. The standard InChI is InChI=1S/C17H15NO/c1-2-12-17(13-8-4-3-5-9-13)14-10-6-7-11-15(14)18-16(17)19/h2-11H,1,12H2,(H,18,19)/t17-/m1/s1. The number of benzene rings is 2. The Labute approximate surface area is 112 Å². The summed E-state index contributed by atoms with van der Waals surface area (Å²) >= 11 is 0. The Balaban J connectivity index is 2.27. The molecule has 2 aromatic carbocycles. The fourth-order valence-corrected chi connectivity index (χ4v) is 2.86. The first-order chi connectivity index (χ1) is 9.29. The van der Waals surface area contributed by atoms with Crippen molar-refractivity contribution in [1.29, 1.82) is 0 Å². The Kier molecular flexibility index (Phi) is 2.71. The molecule has 94 valence electrons. The number of fused-ring (bicyclic) bond motifs is 1. The minimum absolute atomic E-state index is 0.0276. The van der Waals surface area contributed by atoms with Crippen molar-refractivity contribution >= 4 is 11.6 Å². The van der Waals surface area contributed by atoms with Crippen molar-refractivity contribution in [3.8, 4) is 0 Å². The van der Waals surface area contributed by atoms with Gasteiger partial charge in [0.05, 0.1) is 0 Å². The number of rotatable bonds is 3. The Morgan fingerprint density at radius 3 is 2.47 bits per heavy atom. The molecule has 1 heterocycles. The summed E-state index contributed by atoms with van der Waals surface area (Å²) in [6, 6.07) is 17.8. The molecule has 0 spiro atoms. The van der Waals surface area contributed by atoms with Gasteiger partial charge in [-0.3, -0.25) is 4.79 Å². The molecule has 1 amide bonds. The van der Waals surface area contributed by atoms with E-state index in [1.54, 1.807) is 0 Å². The second-order valence-corrected chi connectivity index (χ2v) is 4.76. The molecule has 2 heteroatoms. The molecule has 19 heavy (non-hydrogen) atoms. The molecule has 0 saturated heterocycles. The Bertz CT molecular complexity index is 633. The molecule has 1 atom stereocenters. The Morgan fingerprint density at radius 2 is 1.74 bits per heavy atom. The van der Waals surface area contributed by atoms with Crippen molar-refractivity contribution < 1.29 is 4.79 Å². The molecule has 0 radical (unpaired) electrons. The van der Waals surface area contributed by atoms with E-state index in [0.717, 1.165) is 16.8 Å². The zero-order valence-corrected chi connectivity index (χ0v) is 10.6. The van der Waals surface area contributed by atoms with E-state index >= 15 is 0 Å². The van der Waals surface area contributed by atoms with Gasteiger partial charge >= 0.3 is 0 Å². The van der Waals surface area contributed by atoms with Crippen molar-refractivity contribution in [1.82, 2.24) is 0 Å². The van der Waals surface area contributed by atoms with Crippen LogP contribution in [0.4, 0.5) is 5.69 Å². The topological polar surface area (TPSA) is 29.1 Å². The molecule has 0 bridgehead atoms. The lowest BCUT2D eigenvalue weighted by molar-refractivity contribution is -0.119. The van der Waals surface area contributed by atoms with Crippen LogP contribution >= 0.6 is 0 Å². The number of nitrogens with one attached hydrogen (secondary N) is 1. The van der Waals surface area contributed by atoms with Crippen molar-refractivity contribution in [2.45, 2.75) is 11.8 Å². The smallest absolute Gasteiger partial charge is 0.239 e. The number of para-hydroxylation sites is 1. The predicted molar refractivity (Wildman–Crippen MR) is 77.1 cm³/mol. The second-order valence-electron chi connectivity index (χ2n) is 4.76. The minimum atomic E-state index is -0.639. The van der Waals surface area contributed by atoms with Crippen LogP contribution < -0.4 is 5.32 Å². The van der Waals surface area contributed by atoms with E-state index in [0.29, 0.717) is 6.42 Å². The van der Waals surface area contributed by atoms with Crippen LogP contribution in [0.1, 0.15) is 17.5 Å². The summed E-state index contributed by atoms with van der Waals surface area (Å²) in [7, 11) is 0. The van der Waals surface area contributed by atoms with E-state index in [1.807, 2.05) is 60.7 Å². The molecule has 2 nitrogen and oxygen atoms in total. The summed E-state index contributed by atoms with van der Waals surface area (Å²) in [4.78, 5) is 12.6. The molecule has 1 N–H and O–H groups in total. The summed E-state index contributed by atoms with van der Waals surface area (Å²) in [6.07, 6.45) is 2.41. The van der Waals surface area contributed by atoms with Gasteiger partial charge in [0.2, 0.25) is 5.91 Å². The number of hydrogen-bond donors (Lipinski definition) is 1. The molecule has 3 rings (SSSR count). The second kappa shape index (κ2) is 4.39. The maximum Gasteiger partial charge on any atom is 0.239 e. The molecular weight excluding hydrogens is 234 g/mol. The lowest BCUT2D eigenvalue weighted by Gasteiger charge is -2.26. The molecule has 0 aliphatic carbocycles. The number of amides is 1. The molecule has 0 aromatic heterocycles. The van der Waals surface area contributed by atoms with Crippen LogP contribution in [0.15, 0.2) is 67.3 Å². The van der Waals surface area contributed by atoms with Gasteiger partial charge in [-0.1, -0.05) is 54.6 Å². The quantitative estimate of drug-likeness (QED) is 0.829.